The summed E-state index contributed by atoms with van der Waals surface area (Å²) in [6.45, 7) is 4.46. The number of aromatic nitrogens is 4. The molecule has 2 N–H and O–H groups in total. The highest BCUT2D eigenvalue weighted by molar-refractivity contribution is 5.37. The van der Waals surface area contributed by atoms with Gasteiger partial charge in [0.2, 0.25) is 5.82 Å². The molecule has 1 unspecified atom stereocenters. The Balaban J connectivity index is 2.09. The number of aryl methyl sites for hydroxylation is 2. The van der Waals surface area contributed by atoms with E-state index in [0.29, 0.717) is 12.4 Å². The topological polar surface area (TPSA) is 78.9 Å². The van der Waals surface area contributed by atoms with Crippen LogP contribution in [0.4, 0.5) is 0 Å². The van der Waals surface area contributed by atoms with Crippen molar-refractivity contribution < 1.29 is 4.74 Å². The summed E-state index contributed by atoms with van der Waals surface area (Å²) in [5.41, 5.74) is 8.37. The van der Waals surface area contributed by atoms with Gasteiger partial charge in [0.1, 0.15) is 5.75 Å². The maximum atomic E-state index is 6.04. The second kappa shape index (κ2) is 6.47. The number of rotatable bonds is 6. The molecule has 1 atom stereocenters. The molecule has 0 aliphatic rings. The molecular formula is C14H21N5O. The summed E-state index contributed by atoms with van der Waals surface area (Å²) in [6, 6.07) is 6.27. The van der Waals surface area contributed by atoms with Crippen molar-refractivity contribution in [2.24, 2.45) is 12.8 Å². The highest BCUT2D eigenvalue weighted by atomic mass is 16.5. The number of benzene rings is 1. The first kappa shape index (κ1) is 14.5. The first-order valence-electron chi connectivity index (χ1n) is 6.79. The van der Waals surface area contributed by atoms with E-state index in [4.69, 9.17) is 10.5 Å². The summed E-state index contributed by atoms with van der Waals surface area (Å²) in [6.07, 6.45) is 1.75. The molecule has 1 heterocycles. The van der Waals surface area contributed by atoms with Crippen molar-refractivity contribution in [2.45, 2.75) is 39.3 Å². The van der Waals surface area contributed by atoms with E-state index in [1.54, 1.807) is 7.05 Å². The smallest absolute Gasteiger partial charge is 0.212 e. The molecule has 2 aromatic rings. The van der Waals surface area contributed by atoms with Gasteiger partial charge in [0.25, 0.3) is 0 Å². The van der Waals surface area contributed by atoms with Crippen molar-refractivity contribution in [1.82, 2.24) is 20.2 Å². The van der Waals surface area contributed by atoms with Crippen LogP contribution in [0.25, 0.3) is 0 Å². The second-order valence-electron chi connectivity index (χ2n) is 4.97. The fourth-order valence-electron chi connectivity index (χ4n) is 1.96. The zero-order valence-corrected chi connectivity index (χ0v) is 12.2. The van der Waals surface area contributed by atoms with E-state index in [0.717, 1.165) is 24.2 Å². The Morgan fingerprint density at radius 3 is 2.85 bits per heavy atom. The minimum Gasteiger partial charge on any atom is -0.485 e. The van der Waals surface area contributed by atoms with Crippen molar-refractivity contribution >= 4 is 0 Å². The first-order valence-corrected chi connectivity index (χ1v) is 6.79. The first-order chi connectivity index (χ1) is 9.58. The van der Waals surface area contributed by atoms with Crippen molar-refractivity contribution in [3.63, 3.8) is 0 Å². The van der Waals surface area contributed by atoms with E-state index in [1.807, 2.05) is 12.1 Å². The van der Waals surface area contributed by atoms with Crippen LogP contribution in [-0.4, -0.2) is 26.2 Å². The van der Waals surface area contributed by atoms with Gasteiger partial charge in [0.05, 0.1) is 7.05 Å². The standard InChI is InChI=1S/C14H21N5O/c1-4-12(15)8-11-7-10(2)5-6-13(11)20-9-14-16-18-19(3)17-14/h5-7,12H,4,8-9,15H2,1-3H3. The van der Waals surface area contributed by atoms with Crippen LogP contribution in [0.2, 0.25) is 0 Å². The highest BCUT2D eigenvalue weighted by Gasteiger charge is 2.10. The van der Waals surface area contributed by atoms with Crippen molar-refractivity contribution in [3.05, 3.63) is 35.2 Å². The van der Waals surface area contributed by atoms with Gasteiger partial charge >= 0.3 is 0 Å². The normalized spacial score (nSPS) is 12.4. The van der Waals surface area contributed by atoms with Crippen LogP contribution in [0, 0.1) is 6.92 Å². The van der Waals surface area contributed by atoms with Crippen molar-refractivity contribution in [3.8, 4) is 5.75 Å². The SMILES string of the molecule is CCC(N)Cc1cc(C)ccc1OCc1nnn(C)n1. The molecule has 6 nitrogen and oxygen atoms in total. The number of hydrogen-bond acceptors (Lipinski definition) is 5. The van der Waals surface area contributed by atoms with Gasteiger partial charge in [-0.05, 0) is 36.6 Å². The maximum Gasteiger partial charge on any atom is 0.212 e. The molecular weight excluding hydrogens is 254 g/mol. The number of ether oxygens (including phenoxy) is 1. The summed E-state index contributed by atoms with van der Waals surface area (Å²) in [4.78, 5) is 1.42. The van der Waals surface area contributed by atoms with E-state index < -0.39 is 0 Å². The van der Waals surface area contributed by atoms with Crippen LogP contribution in [0.3, 0.4) is 0 Å². The third-order valence-electron chi connectivity index (χ3n) is 3.13. The van der Waals surface area contributed by atoms with Gasteiger partial charge in [-0.2, -0.15) is 4.80 Å². The summed E-state index contributed by atoms with van der Waals surface area (Å²) in [7, 11) is 1.73. The molecule has 0 radical (unpaired) electrons. The average Bonchev–Trinajstić information content (AvgIpc) is 2.83. The molecule has 0 saturated carbocycles. The summed E-state index contributed by atoms with van der Waals surface area (Å²) in [5, 5.41) is 11.8. The molecule has 6 heteroatoms. The molecule has 2 rings (SSSR count). The molecule has 0 spiro atoms. The Morgan fingerprint density at radius 1 is 1.40 bits per heavy atom. The molecule has 1 aromatic carbocycles. The van der Waals surface area contributed by atoms with Crippen LogP contribution >= 0.6 is 0 Å². The van der Waals surface area contributed by atoms with Crippen LogP contribution in [0.5, 0.6) is 5.75 Å². The van der Waals surface area contributed by atoms with Gasteiger partial charge < -0.3 is 10.5 Å². The number of hydrogen-bond donors (Lipinski definition) is 1. The third-order valence-corrected chi connectivity index (χ3v) is 3.13. The number of tetrazole rings is 1. The highest BCUT2D eigenvalue weighted by Crippen LogP contribution is 2.22. The van der Waals surface area contributed by atoms with Crippen molar-refractivity contribution in [1.29, 1.82) is 0 Å². The third kappa shape index (κ3) is 3.77. The molecule has 1 aromatic heterocycles. The minimum absolute atomic E-state index is 0.147. The van der Waals surface area contributed by atoms with Gasteiger partial charge in [-0.3, -0.25) is 0 Å². The van der Waals surface area contributed by atoms with E-state index in [-0.39, 0.29) is 6.04 Å². The van der Waals surface area contributed by atoms with Gasteiger partial charge in [-0.15, -0.1) is 10.2 Å². The van der Waals surface area contributed by atoms with Crippen molar-refractivity contribution in [2.75, 3.05) is 0 Å². The molecule has 20 heavy (non-hydrogen) atoms. The van der Waals surface area contributed by atoms with Gasteiger partial charge in [0, 0.05) is 6.04 Å². The molecule has 0 fully saturated rings. The number of nitrogens with zero attached hydrogens (tertiary/aromatic N) is 4. The van der Waals surface area contributed by atoms with Crippen LogP contribution in [0.15, 0.2) is 18.2 Å². The lowest BCUT2D eigenvalue weighted by Gasteiger charge is -2.14. The largest absolute Gasteiger partial charge is 0.485 e. The summed E-state index contributed by atoms with van der Waals surface area (Å²) in [5.74, 6) is 1.41. The zero-order chi connectivity index (χ0) is 14.5. The molecule has 0 aliphatic heterocycles. The predicted octanol–water partition coefficient (Wildman–Crippen LogP) is 1.38. The van der Waals surface area contributed by atoms with E-state index in [1.165, 1.54) is 10.4 Å². The zero-order valence-electron chi connectivity index (χ0n) is 12.2. The Morgan fingerprint density at radius 2 is 2.20 bits per heavy atom. The van der Waals surface area contributed by atoms with E-state index in [9.17, 15) is 0 Å². The Bertz CT molecular complexity index is 566. The summed E-state index contributed by atoms with van der Waals surface area (Å²) >= 11 is 0. The Labute approximate surface area is 118 Å². The second-order valence-corrected chi connectivity index (χ2v) is 4.97. The lowest BCUT2D eigenvalue weighted by atomic mass is 10.0. The quantitative estimate of drug-likeness (QED) is 0.861. The van der Waals surface area contributed by atoms with Crippen LogP contribution in [0.1, 0.15) is 30.3 Å². The Kier molecular flexibility index (Phi) is 4.68. The molecule has 0 amide bonds. The lowest BCUT2D eigenvalue weighted by molar-refractivity contribution is 0.291. The fourth-order valence-corrected chi connectivity index (χ4v) is 1.96. The lowest BCUT2D eigenvalue weighted by Crippen LogP contribution is -2.21. The van der Waals surface area contributed by atoms with Gasteiger partial charge in [-0.25, -0.2) is 0 Å². The van der Waals surface area contributed by atoms with Gasteiger partial charge in [0.15, 0.2) is 6.61 Å². The molecule has 108 valence electrons. The molecule has 0 bridgehead atoms. The minimum atomic E-state index is 0.147. The van der Waals surface area contributed by atoms with Crippen LogP contribution < -0.4 is 10.5 Å². The summed E-state index contributed by atoms with van der Waals surface area (Å²) < 4.78 is 5.80. The fraction of sp³-hybridized carbons (Fsp3) is 0.500. The average molecular weight is 275 g/mol. The van der Waals surface area contributed by atoms with E-state index in [2.05, 4.69) is 35.3 Å². The van der Waals surface area contributed by atoms with E-state index >= 15 is 0 Å². The van der Waals surface area contributed by atoms with Crippen LogP contribution in [-0.2, 0) is 20.1 Å². The predicted molar refractivity (Wildman–Crippen MR) is 76.3 cm³/mol. The molecule has 0 saturated heterocycles. The monoisotopic (exact) mass is 275 g/mol. The van der Waals surface area contributed by atoms with Gasteiger partial charge in [-0.1, -0.05) is 24.6 Å². The Hall–Kier alpha value is -1.95. The number of nitrogens with two attached hydrogens (primary N) is 1. The maximum absolute atomic E-state index is 6.04. The molecule has 0 aliphatic carbocycles.